The number of ether oxygens (including phenoxy) is 2. The van der Waals surface area contributed by atoms with Gasteiger partial charge in [-0.25, -0.2) is 4.79 Å². The second-order valence-electron chi connectivity index (χ2n) is 7.82. The van der Waals surface area contributed by atoms with Gasteiger partial charge in [0.15, 0.2) is 0 Å². The number of hydrogen-bond acceptors (Lipinski definition) is 4. The van der Waals surface area contributed by atoms with E-state index in [4.69, 9.17) is 9.47 Å². The minimum Gasteiger partial charge on any atom is -0.455 e. The van der Waals surface area contributed by atoms with Crippen LogP contribution in [0.3, 0.4) is 0 Å². The molecule has 29 heavy (non-hydrogen) atoms. The van der Waals surface area contributed by atoms with Crippen molar-refractivity contribution in [2.24, 2.45) is 0 Å². The minimum absolute atomic E-state index is 0.166. The Labute approximate surface area is 177 Å². The summed E-state index contributed by atoms with van der Waals surface area (Å²) in [7, 11) is 1.77. The third-order valence-electron chi connectivity index (χ3n) is 5.19. The molecule has 0 amide bonds. The largest absolute Gasteiger partial charge is 0.455 e. The highest BCUT2D eigenvalue weighted by Crippen LogP contribution is 2.13. The quantitative estimate of drug-likeness (QED) is 0.152. The average Bonchev–Trinajstić information content (AvgIpc) is 2.75. The fraction of sp³-hybridized carbons (Fsp3) is 0.680. The van der Waals surface area contributed by atoms with Gasteiger partial charge in [-0.15, -0.1) is 0 Å². The maximum Gasteiger partial charge on any atom is 0.374 e. The SMILES string of the molecule is COCCCCCCCCCCCCCCCC(=O)C(=O)OCc1ccccc1. The lowest BCUT2D eigenvalue weighted by Crippen LogP contribution is -2.17. The molecule has 1 rings (SSSR count). The Hall–Kier alpha value is -1.68. The van der Waals surface area contributed by atoms with Gasteiger partial charge in [0.25, 0.3) is 0 Å². The van der Waals surface area contributed by atoms with E-state index in [1.54, 1.807) is 7.11 Å². The van der Waals surface area contributed by atoms with Crippen molar-refractivity contribution in [2.45, 2.75) is 96.5 Å². The first-order valence-corrected chi connectivity index (χ1v) is 11.5. The molecule has 0 atom stereocenters. The summed E-state index contributed by atoms with van der Waals surface area (Å²) in [5.74, 6) is -1.10. The van der Waals surface area contributed by atoms with Gasteiger partial charge in [-0.3, -0.25) is 4.79 Å². The molecule has 0 saturated carbocycles. The van der Waals surface area contributed by atoms with E-state index in [-0.39, 0.29) is 6.61 Å². The van der Waals surface area contributed by atoms with Gasteiger partial charge in [0, 0.05) is 20.1 Å². The third-order valence-corrected chi connectivity index (χ3v) is 5.19. The molecule has 0 aliphatic carbocycles. The number of carbonyl (C=O) groups excluding carboxylic acids is 2. The van der Waals surface area contributed by atoms with E-state index in [0.717, 1.165) is 31.4 Å². The van der Waals surface area contributed by atoms with Gasteiger partial charge in [-0.05, 0) is 18.4 Å². The van der Waals surface area contributed by atoms with Crippen molar-refractivity contribution >= 4 is 11.8 Å². The van der Waals surface area contributed by atoms with Crippen LogP contribution in [0.4, 0.5) is 0 Å². The first-order valence-electron chi connectivity index (χ1n) is 11.5. The molecule has 0 aromatic heterocycles. The molecule has 4 heteroatoms. The summed E-state index contributed by atoms with van der Waals surface area (Å²) in [6.07, 6.45) is 16.3. The third kappa shape index (κ3) is 14.9. The van der Waals surface area contributed by atoms with Crippen LogP contribution in [0.1, 0.15) is 95.5 Å². The van der Waals surface area contributed by atoms with Gasteiger partial charge in [0.2, 0.25) is 5.78 Å². The molecule has 0 aliphatic heterocycles. The molecule has 0 saturated heterocycles. The molecule has 0 heterocycles. The molecule has 0 bridgehead atoms. The number of hydrogen-bond donors (Lipinski definition) is 0. The van der Waals surface area contributed by atoms with Crippen LogP contribution in [-0.4, -0.2) is 25.5 Å². The summed E-state index contributed by atoms with van der Waals surface area (Å²) in [5.41, 5.74) is 0.899. The van der Waals surface area contributed by atoms with Gasteiger partial charge in [-0.1, -0.05) is 101 Å². The van der Waals surface area contributed by atoms with Gasteiger partial charge in [0.1, 0.15) is 6.61 Å². The number of rotatable bonds is 19. The Bertz CT molecular complexity index is 527. The fourth-order valence-corrected chi connectivity index (χ4v) is 3.38. The Kier molecular flexibility index (Phi) is 16.0. The average molecular weight is 405 g/mol. The number of ketones is 1. The van der Waals surface area contributed by atoms with Crippen molar-refractivity contribution in [1.29, 1.82) is 0 Å². The van der Waals surface area contributed by atoms with Crippen LogP contribution in [0.15, 0.2) is 30.3 Å². The predicted octanol–water partition coefficient (Wildman–Crippen LogP) is 6.41. The van der Waals surface area contributed by atoms with Crippen LogP contribution < -0.4 is 0 Å². The van der Waals surface area contributed by atoms with Crippen LogP contribution in [0, 0.1) is 0 Å². The summed E-state index contributed by atoms with van der Waals surface area (Å²) in [6, 6.07) is 9.43. The molecule has 1 aromatic carbocycles. The summed E-state index contributed by atoms with van der Waals surface area (Å²) < 4.78 is 10.1. The monoisotopic (exact) mass is 404 g/mol. The van der Waals surface area contributed by atoms with E-state index in [9.17, 15) is 9.59 Å². The summed E-state index contributed by atoms with van der Waals surface area (Å²) >= 11 is 0. The number of unbranched alkanes of at least 4 members (excludes halogenated alkanes) is 12. The number of carbonyl (C=O) groups is 2. The second kappa shape index (κ2) is 18.4. The van der Waals surface area contributed by atoms with Crippen LogP contribution >= 0.6 is 0 Å². The minimum atomic E-state index is -0.701. The van der Waals surface area contributed by atoms with E-state index in [1.165, 1.54) is 64.2 Å². The van der Waals surface area contributed by atoms with E-state index in [2.05, 4.69) is 0 Å². The van der Waals surface area contributed by atoms with Crippen molar-refractivity contribution in [2.75, 3.05) is 13.7 Å². The van der Waals surface area contributed by atoms with E-state index < -0.39 is 11.8 Å². The first kappa shape index (κ1) is 25.4. The highest BCUT2D eigenvalue weighted by molar-refractivity contribution is 6.33. The highest BCUT2D eigenvalue weighted by Gasteiger charge is 2.14. The molecular weight excluding hydrogens is 364 g/mol. The number of benzene rings is 1. The molecule has 0 radical (unpaired) electrons. The molecule has 0 N–H and O–H groups in total. The second-order valence-corrected chi connectivity index (χ2v) is 7.82. The smallest absolute Gasteiger partial charge is 0.374 e. The zero-order chi connectivity index (χ0) is 21.0. The molecule has 0 spiro atoms. The van der Waals surface area contributed by atoms with Crippen molar-refractivity contribution in [3.05, 3.63) is 35.9 Å². The lowest BCUT2D eigenvalue weighted by atomic mass is 10.0. The van der Waals surface area contributed by atoms with Crippen molar-refractivity contribution in [1.82, 2.24) is 0 Å². The highest BCUT2D eigenvalue weighted by atomic mass is 16.5. The van der Waals surface area contributed by atoms with Crippen LogP contribution in [0.5, 0.6) is 0 Å². The Morgan fingerprint density at radius 2 is 1.17 bits per heavy atom. The molecule has 164 valence electrons. The molecule has 0 unspecified atom stereocenters. The maximum absolute atomic E-state index is 11.8. The summed E-state index contributed by atoms with van der Waals surface area (Å²) in [4.78, 5) is 23.5. The Morgan fingerprint density at radius 3 is 1.69 bits per heavy atom. The normalized spacial score (nSPS) is 10.8. The van der Waals surface area contributed by atoms with Gasteiger partial charge < -0.3 is 9.47 Å². The lowest BCUT2D eigenvalue weighted by molar-refractivity contribution is -0.154. The van der Waals surface area contributed by atoms with Gasteiger partial charge in [0.05, 0.1) is 0 Å². The summed E-state index contributed by atoms with van der Waals surface area (Å²) in [5, 5.41) is 0. The zero-order valence-electron chi connectivity index (χ0n) is 18.3. The van der Waals surface area contributed by atoms with E-state index >= 15 is 0 Å². The van der Waals surface area contributed by atoms with E-state index in [1.807, 2.05) is 30.3 Å². The maximum atomic E-state index is 11.8. The number of methoxy groups -OCH3 is 1. The van der Waals surface area contributed by atoms with Gasteiger partial charge in [-0.2, -0.15) is 0 Å². The molecule has 0 aliphatic rings. The topological polar surface area (TPSA) is 52.6 Å². The van der Waals surface area contributed by atoms with Crippen molar-refractivity contribution in [3.63, 3.8) is 0 Å². The Morgan fingerprint density at radius 1 is 0.690 bits per heavy atom. The van der Waals surface area contributed by atoms with Gasteiger partial charge >= 0.3 is 5.97 Å². The van der Waals surface area contributed by atoms with Crippen LogP contribution in [-0.2, 0) is 25.7 Å². The first-order chi connectivity index (χ1) is 14.2. The summed E-state index contributed by atoms with van der Waals surface area (Å²) in [6.45, 7) is 1.06. The van der Waals surface area contributed by atoms with Crippen molar-refractivity contribution < 1.29 is 19.1 Å². The molecular formula is C25H40O4. The molecule has 0 fully saturated rings. The Balaban J connectivity index is 1.84. The van der Waals surface area contributed by atoms with Crippen LogP contribution in [0.25, 0.3) is 0 Å². The fourth-order valence-electron chi connectivity index (χ4n) is 3.38. The van der Waals surface area contributed by atoms with E-state index in [0.29, 0.717) is 6.42 Å². The van der Waals surface area contributed by atoms with Crippen molar-refractivity contribution in [3.8, 4) is 0 Å². The number of Topliss-reactive ketones (excluding diaryl/α,β-unsaturated/α-hetero) is 1. The zero-order valence-corrected chi connectivity index (χ0v) is 18.3. The predicted molar refractivity (Wildman–Crippen MR) is 118 cm³/mol. The van der Waals surface area contributed by atoms with Crippen LogP contribution in [0.2, 0.25) is 0 Å². The molecule has 1 aromatic rings. The number of esters is 1. The standard InChI is InChI=1S/C25H40O4/c1-28-21-17-12-10-8-6-4-2-3-5-7-9-11-16-20-24(26)25(27)29-22-23-18-14-13-15-19-23/h13-15,18-19H,2-12,16-17,20-22H2,1H3. The molecule has 4 nitrogen and oxygen atoms in total. The lowest BCUT2D eigenvalue weighted by Gasteiger charge is -2.05.